The highest BCUT2D eigenvalue weighted by atomic mass is 16.1. The zero-order valence-corrected chi connectivity index (χ0v) is 9.02. The fourth-order valence-corrected chi connectivity index (χ4v) is 3.52. The zero-order valence-electron chi connectivity index (χ0n) is 9.02. The normalized spacial score (nSPS) is 26.2. The molecule has 1 saturated carbocycles. The smallest absolute Gasteiger partial charge is 0.258 e. The summed E-state index contributed by atoms with van der Waals surface area (Å²) >= 11 is 0. The van der Waals surface area contributed by atoms with Crippen molar-refractivity contribution in [3.63, 3.8) is 0 Å². The van der Waals surface area contributed by atoms with Crippen LogP contribution in [-0.2, 0) is 0 Å². The van der Waals surface area contributed by atoms with Gasteiger partial charge in [0.25, 0.3) is 5.56 Å². The molecule has 0 aliphatic heterocycles. The summed E-state index contributed by atoms with van der Waals surface area (Å²) in [4.78, 5) is 12.4. The van der Waals surface area contributed by atoms with Crippen molar-refractivity contribution in [2.45, 2.75) is 31.1 Å². The van der Waals surface area contributed by atoms with Crippen LogP contribution in [0.25, 0.3) is 5.52 Å². The van der Waals surface area contributed by atoms with Crippen LogP contribution in [0.5, 0.6) is 0 Å². The van der Waals surface area contributed by atoms with Crippen molar-refractivity contribution in [3.05, 3.63) is 51.9 Å². The minimum atomic E-state index is 0.223. The first kappa shape index (κ1) is 8.57. The molecule has 0 radical (unpaired) electrons. The predicted molar refractivity (Wildman–Crippen MR) is 63.0 cm³/mol. The molecule has 80 valence electrons. The number of hydrogen-bond donors (Lipinski definition) is 0. The lowest BCUT2D eigenvalue weighted by Gasteiger charge is -2.15. The molecule has 2 aromatic heterocycles. The highest BCUT2D eigenvalue weighted by molar-refractivity contribution is 5.54. The molecule has 2 heteroatoms. The number of rotatable bonds is 0. The summed E-state index contributed by atoms with van der Waals surface area (Å²) in [6.45, 7) is 0. The Morgan fingerprint density at radius 1 is 1.19 bits per heavy atom. The summed E-state index contributed by atoms with van der Waals surface area (Å²) < 4.78 is 1.79. The van der Waals surface area contributed by atoms with Crippen LogP contribution in [0.4, 0.5) is 0 Å². The predicted octanol–water partition coefficient (Wildman–Crippen LogP) is 2.66. The third-order valence-corrected chi connectivity index (χ3v) is 4.24. The Labute approximate surface area is 93.5 Å². The summed E-state index contributed by atoms with van der Waals surface area (Å²) in [5, 5.41) is 0. The molecule has 2 unspecified atom stereocenters. The van der Waals surface area contributed by atoms with Gasteiger partial charge in [0.05, 0.1) is 0 Å². The molecule has 1 fully saturated rings. The average Bonchev–Trinajstić information content (AvgIpc) is 2.90. The zero-order chi connectivity index (χ0) is 10.7. The number of hydrogen-bond acceptors (Lipinski definition) is 1. The second-order valence-corrected chi connectivity index (χ2v) is 5.02. The number of fused-ring (bicyclic) bond motifs is 6. The standard InChI is InChI=1S/C14H13NO/c16-14-13-10-5-4-9(7-10)12(13)8-11-3-1-2-6-15(11)14/h1-3,6,8-10H,4-5,7H2. The number of aromatic nitrogens is 1. The van der Waals surface area contributed by atoms with Crippen molar-refractivity contribution >= 4 is 5.52 Å². The molecule has 4 rings (SSSR count). The van der Waals surface area contributed by atoms with Gasteiger partial charge < -0.3 is 0 Å². The Bertz CT molecular complexity index is 641. The molecule has 0 amide bonds. The minimum absolute atomic E-state index is 0.223. The van der Waals surface area contributed by atoms with Gasteiger partial charge in [-0.25, -0.2) is 0 Å². The van der Waals surface area contributed by atoms with Crippen molar-refractivity contribution in [1.29, 1.82) is 0 Å². The van der Waals surface area contributed by atoms with Crippen molar-refractivity contribution in [1.82, 2.24) is 4.40 Å². The Balaban J connectivity index is 2.17. The van der Waals surface area contributed by atoms with E-state index in [1.54, 1.807) is 4.40 Å². The van der Waals surface area contributed by atoms with Crippen molar-refractivity contribution < 1.29 is 0 Å². The van der Waals surface area contributed by atoms with Crippen LogP contribution in [0.1, 0.15) is 42.2 Å². The molecular weight excluding hydrogens is 198 g/mol. The van der Waals surface area contributed by atoms with Gasteiger partial charge in [-0.3, -0.25) is 9.20 Å². The van der Waals surface area contributed by atoms with Crippen LogP contribution in [0, 0.1) is 0 Å². The fourth-order valence-electron chi connectivity index (χ4n) is 3.52. The molecule has 0 aromatic carbocycles. The summed E-state index contributed by atoms with van der Waals surface area (Å²) in [5.41, 5.74) is 3.71. The molecule has 2 bridgehead atoms. The van der Waals surface area contributed by atoms with E-state index in [0.717, 1.165) is 11.1 Å². The minimum Gasteiger partial charge on any atom is -0.284 e. The summed E-state index contributed by atoms with van der Waals surface area (Å²) in [6, 6.07) is 8.16. The van der Waals surface area contributed by atoms with Gasteiger partial charge in [-0.2, -0.15) is 0 Å². The van der Waals surface area contributed by atoms with E-state index < -0.39 is 0 Å². The van der Waals surface area contributed by atoms with Crippen LogP contribution in [0.2, 0.25) is 0 Å². The molecule has 2 atom stereocenters. The fraction of sp³-hybridized carbons (Fsp3) is 0.357. The van der Waals surface area contributed by atoms with E-state index in [1.165, 1.54) is 24.8 Å². The van der Waals surface area contributed by atoms with E-state index in [-0.39, 0.29) is 5.56 Å². The Morgan fingerprint density at radius 3 is 3.00 bits per heavy atom. The Hall–Kier alpha value is -1.57. The third-order valence-electron chi connectivity index (χ3n) is 4.24. The summed E-state index contributed by atoms with van der Waals surface area (Å²) in [5.74, 6) is 1.21. The van der Waals surface area contributed by atoms with Gasteiger partial charge in [0.2, 0.25) is 0 Å². The first-order valence-electron chi connectivity index (χ1n) is 5.99. The molecule has 2 nitrogen and oxygen atoms in total. The molecule has 2 aliphatic rings. The molecule has 0 N–H and O–H groups in total. The van der Waals surface area contributed by atoms with Gasteiger partial charge >= 0.3 is 0 Å². The SMILES string of the molecule is O=c1c2c(cc3ccccn13)C1CCC2C1. The summed E-state index contributed by atoms with van der Waals surface area (Å²) in [6.07, 6.45) is 5.58. The van der Waals surface area contributed by atoms with Gasteiger partial charge in [0.1, 0.15) is 0 Å². The van der Waals surface area contributed by atoms with Gasteiger partial charge in [0, 0.05) is 17.3 Å². The van der Waals surface area contributed by atoms with Gasteiger partial charge in [-0.1, -0.05) is 6.07 Å². The Morgan fingerprint density at radius 2 is 2.06 bits per heavy atom. The molecule has 2 aromatic rings. The number of pyridine rings is 2. The van der Waals surface area contributed by atoms with Crippen molar-refractivity contribution in [2.24, 2.45) is 0 Å². The van der Waals surface area contributed by atoms with Crippen molar-refractivity contribution in [3.8, 4) is 0 Å². The largest absolute Gasteiger partial charge is 0.284 e. The highest BCUT2D eigenvalue weighted by Gasteiger charge is 2.39. The maximum Gasteiger partial charge on any atom is 0.258 e. The van der Waals surface area contributed by atoms with Crippen LogP contribution in [0.15, 0.2) is 35.3 Å². The van der Waals surface area contributed by atoms with E-state index in [4.69, 9.17) is 0 Å². The first-order valence-corrected chi connectivity index (χ1v) is 5.99. The molecule has 0 spiro atoms. The summed E-state index contributed by atoms with van der Waals surface area (Å²) in [7, 11) is 0. The molecule has 0 saturated heterocycles. The molecular formula is C14H13NO. The monoisotopic (exact) mass is 211 g/mol. The van der Waals surface area contributed by atoms with Crippen LogP contribution >= 0.6 is 0 Å². The van der Waals surface area contributed by atoms with E-state index in [2.05, 4.69) is 6.07 Å². The molecule has 2 aliphatic carbocycles. The Kier molecular flexibility index (Phi) is 1.48. The van der Waals surface area contributed by atoms with E-state index in [0.29, 0.717) is 11.8 Å². The maximum atomic E-state index is 12.4. The van der Waals surface area contributed by atoms with Gasteiger partial charge in [-0.05, 0) is 54.9 Å². The lowest BCUT2D eigenvalue weighted by molar-refractivity contribution is 0.705. The maximum absolute atomic E-state index is 12.4. The van der Waals surface area contributed by atoms with Crippen LogP contribution in [0.3, 0.4) is 0 Å². The first-order chi connectivity index (χ1) is 7.84. The average molecular weight is 211 g/mol. The van der Waals surface area contributed by atoms with Gasteiger partial charge in [0.15, 0.2) is 0 Å². The molecule has 2 heterocycles. The highest BCUT2D eigenvalue weighted by Crippen LogP contribution is 2.51. The van der Waals surface area contributed by atoms with E-state index in [1.807, 2.05) is 24.4 Å². The third kappa shape index (κ3) is 0.902. The lowest BCUT2D eigenvalue weighted by Crippen LogP contribution is -2.21. The van der Waals surface area contributed by atoms with Crippen molar-refractivity contribution in [2.75, 3.05) is 0 Å². The van der Waals surface area contributed by atoms with E-state index in [9.17, 15) is 4.79 Å². The van der Waals surface area contributed by atoms with E-state index >= 15 is 0 Å². The second-order valence-electron chi connectivity index (χ2n) is 5.02. The van der Waals surface area contributed by atoms with Gasteiger partial charge in [-0.15, -0.1) is 0 Å². The quantitative estimate of drug-likeness (QED) is 0.656. The lowest BCUT2D eigenvalue weighted by atomic mass is 9.93. The number of nitrogens with zero attached hydrogens (tertiary/aromatic N) is 1. The molecule has 16 heavy (non-hydrogen) atoms. The second kappa shape index (κ2) is 2.76. The van der Waals surface area contributed by atoms with Crippen LogP contribution in [-0.4, -0.2) is 4.40 Å². The van der Waals surface area contributed by atoms with Crippen LogP contribution < -0.4 is 5.56 Å². The topological polar surface area (TPSA) is 21.5 Å².